The van der Waals surface area contributed by atoms with Crippen LogP contribution >= 0.6 is 11.3 Å². The summed E-state index contributed by atoms with van der Waals surface area (Å²) in [5, 5.41) is 2.83. The molecular weight excluding hydrogens is 372 g/mol. The van der Waals surface area contributed by atoms with Gasteiger partial charge in [0, 0.05) is 42.9 Å². The van der Waals surface area contributed by atoms with E-state index >= 15 is 0 Å². The van der Waals surface area contributed by atoms with Crippen molar-refractivity contribution in [2.24, 2.45) is 0 Å². The Morgan fingerprint density at radius 2 is 2.04 bits per heavy atom. The number of carbonyl (C=O) groups excluding carboxylic acids is 2. The predicted molar refractivity (Wildman–Crippen MR) is 111 cm³/mol. The van der Waals surface area contributed by atoms with E-state index in [1.807, 2.05) is 28.7 Å². The normalized spacial score (nSPS) is 17.2. The van der Waals surface area contributed by atoms with Gasteiger partial charge in [-0.15, -0.1) is 11.3 Å². The lowest BCUT2D eigenvalue weighted by atomic mass is 10.0. The van der Waals surface area contributed by atoms with E-state index < -0.39 is 0 Å². The minimum absolute atomic E-state index is 0.0126. The third kappa shape index (κ3) is 4.54. The van der Waals surface area contributed by atoms with Crippen LogP contribution in [0.1, 0.15) is 41.7 Å². The summed E-state index contributed by atoms with van der Waals surface area (Å²) >= 11 is 1.63. The molecule has 1 N–H and O–H groups in total. The summed E-state index contributed by atoms with van der Waals surface area (Å²) in [5.41, 5.74) is 5.11. The van der Waals surface area contributed by atoms with Gasteiger partial charge in [-0.05, 0) is 55.0 Å². The Morgan fingerprint density at radius 3 is 2.82 bits per heavy atom. The Labute approximate surface area is 168 Å². The number of likely N-dealkylation sites (tertiary alicyclic amines) is 1. The monoisotopic (exact) mass is 394 g/mol. The van der Waals surface area contributed by atoms with Gasteiger partial charge in [0.2, 0.25) is 11.8 Å². The van der Waals surface area contributed by atoms with Crippen molar-refractivity contribution in [3.63, 3.8) is 0 Å². The Bertz CT molecular complexity index is 924. The Morgan fingerprint density at radius 1 is 1.18 bits per heavy atom. The molecule has 0 aromatic carbocycles. The largest absolute Gasteiger partial charge is 0.339 e. The van der Waals surface area contributed by atoms with Gasteiger partial charge in [0.25, 0.3) is 0 Å². The number of hydrogen-bond acceptors (Lipinski definition) is 5. The molecule has 0 unspecified atom stereocenters. The third-order valence-corrected chi connectivity index (χ3v) is 5.75. The maximum Gasteiger partial charge on any atom is 0.246 e. The molecule has 0 bridgehead atoms. The van der Waals surface area contributed by atoms with Gasteiger partial charge < -0.3 is 10.2 Å². The Hall–Kier alpha value is -2.80. The average Bonchev–Trinajstić information content (AvgIpc) is 3.14. The van der Waals surface area contributed by atoms with E-state index in [9.17, 15) is 9.59 Å². The molecule has 4 rings (SSSR count). The second kappa shape index (κ2) is 8.48. The van der Waals surface area contributed by atoms with Gasteiger partial charge in [0.1, 0.15) is 5.82 Å². The molecule has 28 heavy (non-hydrogen) atoms. The quantitative estimate of drug-likeness (QED) is 0.808. The molecule has 7 heteroatoms. The number of nitrogens with zero attached hydrogens (tertiary/aromatic N) is 3. The second-order valence-electron chi connectivity index (χ2n) is 7.04. The van der Waals surface area contributed by atoms with Gasteiger partial charge >= 0.3 is 0 Å². The Balaban J connectivity index is 1.36. The van der Waals surface area contributed by atoms with Crippen LogP contribution < -0.4 is 5.32 Å². The zero-order valence-electron chi connectivity index (χ0n) is 15.6. The van der Waals surface area contributed by atoms with Gasteiger partial charge in [-0.2, -0.15) is 0 Å². The van der Waals surface area contributed by atoms with Crippen molar-refractivity contribution in [3.8, 4) is 0 Å². The molecule has 0 radical (unpaired) electrons. The zero-order chi connectivity index (χ0) is 19.3. The molecule has 4 heterocycles. The van der Waals surface area contributed by atoms with Gasteiger partial charge in [0.05, 0.1) is 5.51 Å². The number of anilines is 1. The number of nitrogens with one attached hydrogen (secondary N) is 1. The third-order valence-electron chi connectivity index (χ3n) is 5.03. The van der Waals surface area contributed by atoms with Crippen LogP contribution in [0.25, 0.3) is 12.2 Å². The highest BCUT2D eigenvalue weighted by molar-refractivity contribution is 7.10. The number of rotatable bonds is 3. The van der Waals surface area contributed by atoms with Crippen LogP contribution in [0, 0.1) is 0 Å². The lowest BCUT2D eigenvalue weighted by molar-refractivity contribution is -0.126. The lowest BCUT2D eigenvalue weighted by Gasteiger charge is -2.27. The highest BCUT2D eigenvalue weighted by Crippen LogP contribution is 2.23. The van der Waals surface area contributed by atoms with E-state index in [1.54, 1.807) is 23.6 Å². The van der Waals surface area contributed by atoms with Crippen LogP contribution in [0.3, 0.4) is 0 Å². The van der Waals surface area contributed by atoms with Crippen LogP contribution in [0.5, 0.6) is 0 Å². The molecule has 144 valence electrons. The van der Waals surface area contributed by atoms with Crippen LogP contribution in [-0.2, 0) is 16.0 Å². The number of carbonyl (C=O) groups is 2. The number of aryl methyl sites for hydroxylation is 1. The minimum Gasteiger partial charge on any atom is -0.339 e. The smallest absolute Gasteiger partial charge is 0.246 e. The van der Waals surface area contributed by atoms with E-state index in [4.69, 9.17) is 0 Å². The number of pyridine rings is 1. The molecule has 1 saturated heterocycles. The van der Waals surface area contributed by atoms with E-state index in [2.05, 4.69) is 21.4 Å². The van der Waals surface area contributed by atoms with Gasteiger partial charge in [-0.3, -0.25) is 14.6 Å². The van der Waals surface area contributed by atoms with Crippen LogP contribution in [-0.4, -0.2) is 39.8 Å². The van der Waals surface area contributed by atoms with Gasteiger partial charge in [-0.25, -0.2) is 4.98 Å². The molecule has 0 atom stereocenters. The molecular formula is C21H22N4O2S. The molecule has 2 aromatic heterocycles. The first-order valence-corrected chi connectivity index (χ1v) is 10.4. The molecule has 6 nitrogen and oxygen atoms in total. The van der Waals surface area contributed by atoms with E-state index in [-0.39, 0.29) is 11.8 Å². The van der Waals surface area contributed by atoms with Crippen molar-refractivity contribution < 1.29 is 9.59 Å². The van der Waals surface area contributed by atoms with Gasteiger partial charge in [-0.1, -0.05) is 5.57 Å². The summed E-state index contributed by atoms with van der Waals surface area (Å²) in [7, 11) is 0. The van der Waals surface area contributed by atoms with Crippen molar-refractivity contribution in [1.82, 2.24) is 14.9 Å². The molecule has 0 saturated carbocycles. The minimum atomic E-state index is 0.0126. The molecule has 2 amide bonds. The summed E-state index contributed by atoms with van der Waals surface area (Å²) < 4.78 is 0. The summed E-state index contributed by atoms with van der Waals surface area (Å²) in [4.78, 5) is 35.6. The summed E-state index contributed by atoms with van der Waals surface area (Å²) in [6, 6.07) is 2.00. The van der Waals surface area contributed by atoms with E-state index in [0.717, 1.165) is 49.9 Å². The van der Waals surface area contributed by atoms with E-state index in [1.165, 1.54) is 10.5 Å². The number of thiazole rings is 1. The van der Waals surface area contributed by atoms with Crippen molar-refractivity contribution in [3.05, 3.63) is 51.6 Å². The zero-order valence-corrected chi connectivity index (χ0v) is 16.4. The molecule has 2 aliphatic rings. The van der Waals surface area contributed by atoms with Crippen molar-refractivity contribution in [2.45, 2.75) is 32.1 Å². The van der Waals surface area contributed by atoms with Crippen LogP contribution in [0.4, 0.5) is 5.82 Å². The number of amides is 2. The average molecular weight is 395 g/mol. The van der Waals surface area contributed by atoms with Crippen LogP contribution in [0.15, 0.2) is 35.6 Å². The predicted octanol–water partition coefficient (Wildman–Crippen LogP) is 3.53. The fourth-order valence-corrected chi connectivity index (χ4v) is 4.09. The number of fused-ring (bicyclic) bond motifs is 1. The fraction of sp³-hybridized carbons (Fsp3) is 0.333. The standard InChI is InChI=1S/C21H22N4O2S/c26-19-3-1-2-17-10-16(12-23-21(17)24-19)4-5-20(27)25-8-6-15(7-9-25)11-18-13-22-14-28-18/h4-5,10-14H,1-3,6-9H2,(H,23,24,26)/b5-4+. The first-order valence-electron chi connectivity index (χ1n) is 9.51. The molecule has 0 aliphatic carbocycles. The molecule has 0 spiro atoms. The first kappa shape index (κ1) is 18.6. The molecule has 2 aliphatic heterocycles. The lowest BCUT2D eigenvalue weighted by Crippen LogP contribution is -2.35. The number of hydrogen-bond donors (Lipinski definition) is 1. The van der Waals surface area contributed by atoms with E-state index in [0.29, 0.717) is 12.2 Å². The summed E-state index contributed by atoms with van der Waals surface area (Å²) in [6.45, 7) is 1.48. The number of piperidine rings is 1. The fourth-order valence-electron chi connectivity index (χ4n) is 3.49. The topological polar surface area (TPSA) is 75.2 Å². The van der Waals surface area contributed by atoms with Crippen molar-refractivity contribution >= 4 is 41.1 Å². The maximum absolute atomic E-state index is 12.5. The van der Waals surface area contributed by atoms with Gasteiger partial charge in [0.15, 0.2) is 0 Å². The van der Waals surface area contributed by atoms with Crippen molar-refractivity contribution in [1.29, 1.82) is 0 Å². The summed E-state index contributed by atoms with van der Waals surface area (Å²) in [5.74, 6) is 0.681. The highest BCUT2D eigenvalue weighted by Gasteiger charge is 2.18. The second-order valence-corrected chi connectivity index (χ2v) is 7.96. The molecule has 2 aromatic rings. The Kier molecular flexibility index (Phi) is 5.62. The first-order chi connectivity index (χ1) is 13.7. The SMILES string of the molecule is O=C1CCCc2cc(/C=C/C(=O)N3CCC(=Cc4cncs4)CC3)cnc2N1. The molecule has 1 fully saturated rings. The highest BCUT2D eigenvalue weighted by atomic mass is 32.1. The maximum atomic E-state index is 12.5. The van der Waals surface area contributed by atoms with Crippen molar-refractivity contribution in [2.75, 3.05) is 18.4 Å². The number of aromatic nitrogens is 2. The summed E-state index contributed by atoms with van der Waals surface area (Å²) in [6.07, 6.45) is 13.1. The van der Waals surface area contributed by atoms with Crippen LogP contribution in [0.2, 0.25) is 0 Å².